The SMILES string of the molecule is Cl.FC[C@H](c1c(F)ccc(Cl)c1F)N1CCNCC1. The number of hydrogen-bond donors (Lipinski definition) is 1. The highest BCUT2D eigenvalue weighted by Gasteiger charge is 2.28. The summed E-state index contributed by atoms with van der Waals surface area (Å²) in [6.07, 6.45) is 0. The van der Waals surface area contributed by atoms with Crippen LogP contribution in [0.4, 0.5) is 13.2 Å². The van der Waals surface area contributed by atoms with Crippen molar-refractivity contribution in [1.82, 2.24) is 10.2 Å². The maximum absolute atomic E-state index is 13.9. The Morgan fingerprint density at radius 2 is 1.89 bits per heavy atom. The summed E-state index contributed by atoms with van der Waals surface area (Å²) >= 11 is 5.63. The minimum atomic E-state index is -0.911. The maximum atomic E-state index is 13.9. The first-order chi connectivity index (χ1) is 8.65. The van der Waals surface area contributed by atoms with Gasteiger partial charge in [0.15, 0.2) is 0 Å². The number of nitrogens with zero attached hydrogens (tertiary/aromatic N) is 1. The largest absolute Gasteiger partial charge is 0.314 e. The van der Waals surface area contributed by atoms with E-state index in [9.17, 15) is 13.2 Å². The Hall–Kier alpha value is -0.490. The molecule has 1 atom stereocenters. The fourth-order valence-corrected chi connectivity index (χ4v) is 2.36. The van der Waals surface area contributed by atoms with Crippen molar-refractivity contribution in [2.24, 2.45) is 0 Å². The second kappa shape index (κ2) is 7.33. The predicted octanol–water partition coefficient (Wildman–Crippen LogP) is 2.96. The van der Waals surface area contributed by atoms with E-state index in [1.165, 1.54) is 0 Å². The lowest BCUT2D eigenvalue weighted by Crippen LogP contribution is -2.46. The van der Waals surface area contributed by atoms with E-state index in [0.29, 0.717) is 26.2 Å². The molecule has 2 rings (SSSR count). The summed E-state index contributed by atoms with van der Waals surface area (Å²) in [4.78, 5) is 1.73. The van der Waals surface area contributed by atoms with Gasteiger partial charge in [0.2, 0.25) is 0 Å². The highest BCUT2D eigenvalue weighted by atomic mass is 35.5. The molecule has 0 aromatic heterocycles. The molecule has 0 unspecified atom stereocenters. The van der Waals surface area contributed by atoms with Crippen LogP contribution in [0.15, 0.2) is 12.1 Å². The van der Waals surface area contributed by atoms with Gasteiger partial charge in [-0.3, -0.25) is 4.90 Å². The molecule has 0 spiro atoms. The first-order valence-corrected chi connectivity index (χ1v) is 6.17. The van der Waals surface area contributed by atoms with E-state index < -0.39 is 24.4 Å². The van der Waals surface area contributed by atoms with Gasteiger partial charge in [0, 0.05) is 31.7 Å². The minimum absolute atomic E-state index is 0. The van der Waals surface area contributed by atoms with Crippen LogP contribution in [0.2, 0.25) is 5.02 Å². The minimum Gasteiger partial charge on any atom is -0.314 e. The van der Waals surface area contributed by atoms with Crippen LogP contribution >= 0.6 is 24.0 Å². The molecule has 108 valence electrons. The van der Waals surface area contributed by atoms with Crippen molar-refractivity contribution in [2.75, 3.05) is 32.9 Å². The van der Waals surface area contributed by atoms with Crippen LogP contribution in [0.1, 0.15) is 11.6 Å². The van der Waals surface area contributed by atoms with Gasteiger partial charge < -0.3 is 5.32 Å². The Morgan fingerprint density at radius 1 is 1.26 bits per heavy atom. The highest BCUT2D eigenvalue weighted by molar-refractivity contribution is 6.30. The van der Waals surface area contributed by atoms with Crippen molar-refractivity contribution in [2.45, 2.75) is 6.04 Å². The van der Waals surface area contributed by atoms with E-state index >= 15 is 0 Å². The van der Waals surface area contributed by atoms with Gasteiger partial charge in [0.05, 0.1) is 11.1 Å². The maximum Gasteiger partial charge on any atom is 0.149 e. The summed E-state index contributed by atoms with van der Waals surface area (Å²) in [6.45, 7) is 1.63. The summed E-state index contributed by atoms with van der Waals surface area (Å²) in [5.41, 5.74) is -0.271. The summed E-state index contributed by atoms with van der Waals surface area (Å²) < 4.78 is 40.8. The molecule has 1 saturated heterocycles. The quantitative estimate of drug-likeness (QED) is 0.863. The van der Waals surface area contributed by atoms with Crippen LogP contribution in [0.3, 0.4) is 0 Å². The van der Waals surface area contributed by atoms with Crippen LogP contribution in [0, 0.1) is 11.6 Å². The molecule has 0 radical (unpaired) electrons. The normalized spacial score (nSPS) is 17.9. The molecule has 0 bridgehead atoms. The van der Waals surface area contributed by atoms with Crippen molar-refractivity contribution < 1.29 is 13.2 Å². The smallest absolute Gasteiger partial charge is 0.149 e. The van der Waals surface area contributed by atoms with E-state index in [1.54, 1.807) is 4.90 Å². The van der Waals surface area contributed by atoms with E-state index in [4.69, 9.17) is 11.6 Å². The first-order valence-electron chi connectivity index (χ1n) is 5.79. The zero-order valence-electron chi connectivity index (χ0n) is 10.1. The predicted molar refractivity (Wildman–Crippen MR) is 71.8 cm³/mol. The van der Waals surface area contributed by atoms with Crippen molar-refractivity contribution in [1.29, 1.82) is 0 Å². The van der Waals surface area contributed by atoms with Crippen LogP contribution in [-0.4, -0.2) is 37.8 Å². The molecule has 2 nitrogen and oxygen atoms in total. The third-order valence-electron chi connectivity index (χ3n) is 3.15. The third kappa shape index (κ3) is 3.54. The second-order valence-corrected chi connectivity index (χ2v) is 4.62. The van der Waals surface area contributed by atoms with Gasteiger partial charge in [-0.2, -0.15) is 0 Å². The lowest BCUT2D eigenvalue weighted by molar-refractivity contribution is 0.141. The van der Waals surface area contributed by atoms with Crippen molar-refractivity contribution in [3.05, 3.63) is 34.4 Å². The van der Waals surface area contributed by atoms with Crippen molar-refractivity contribution >= 4 is 24.0 Å². The Labute approximate surface area is 121 Å². The number of alkyl halides is 1. The molecule has 0 amide bonds. The standard InChI is InChI=1S/C12H14ClF3N2.ClH/c13-8-1-2-9(15)11(12(8)16)10(7-14)18-5-3-17-4-6-18;/h1-2,10,17H,3-7H2;1H/t10-;/m1./s1. The molecule has 0 saturated carbocycles. The summed E-state index contributed by atoms with van der Waals surface area (Å²) in [7, 11) is 0. The summed E-state index contributed by atoms with van der Waals surface area (Å²) in [5, 5.41) is 2.93. The topological polar surface area (TPSA) is 15.3 Å². The molecule has 1 N–H and O–H groups in total. The molecule has 1 aliphatic heterocycles. The molecule has 7 heteroatoms. The Bertz CT molecular complexity index is 426. The number of hydrogen-bond acceptors (Lipinski definition) is 2. The molecular formula is C12H15Cl2F3N2. The molecule has 1 heterocycles. The number of nitrogens with one attached hydrogen (secondary N) is 1. The molecule has 1 fully saturated rings. The van der Waals surface area contributed by atoms with Gasteiger partial charge in [-0.15, -0.1) is 12.4 Å². The Morgan fingerprint density at radius 3 is 2.47 bits per heavy atom. The van der Waals surface area contributed by atoms with Crippen LogP contribution < -0.4 is 5.32 Å². The zero-order valence-corrected chi connectivity index (χ0v) is 11.7. The average Bonchev–Trinajstić information content (AvgIpc) is 2.40. The van der Waals surface area contributed by atoms with Crippen LogP contribution in [0.25, 0.3) is 0 Å². The molecule has 19 heavy (non-hydrogen) atoms. The third-order valence-corrected chi connectivity index (χ3v) is 3.44. The van der Waals surface area contributed by atoms with Gasteiger partial charge >= 0.3 is 0 Å². The number of halogens is 5. The molecule has 1 aromatic carbocycles. The first kappa shape index (κ1) is 16.6. The molecule has 0 aliphatic carbocycles. The lowest BCUT2D eigenvalue weighted by atomic mass is 10.0. The summed E-state index contributed by atoms with van der Waals surface area (Å²) in [6, 6.07) is 1.31. The molecule has 1 aromatic rings. The van der Waals surface area contributed by atoms with Crippen molar-refractivity contribution in [3.8, 4) is 0 Å². The van der Waals surface area contributed by atoms with Gasteiger partial charge in [0.1, 0.15) is 18.3 Å². The summed E-state index contributed by atoms with van der Waals surface area (Å²) in [5.74, 6) is -1.61. The molecular weight excluding hydrogens is 300 g/mol. The molecule has 1 aliphatic rings. The average molecular weight is 315 g/mol. The van der Waals surface area contributed by atoms with Crippen LogP contribution in [-0.2, 0) is 0 Å². The number of benzene rings is 1. The highest BCUT2D eigenvalue weighted by Crippen LogP contribution is 2.30. The van der Waals surface area contributed by atoms with E-state index in [1.807, 2.05) is 0 Å². The number of piperazine rings is 1. The fourth-order valence-electron chi connectivity index (χ4n) is 2.20. The van der Waals surface area contributed by atoms with Crippen molar-refractivity contribution in [3.63, 3.8) is 0 Å². The van der Waals surface area contributed by atoms with Gasteiger partial charge in [-0.25, -0.2) is 13.2 Å². The lowest BCUT2D eigenvalue weighted by Gasteiger charge is -2.33. The fraction of sp³-hybridized carbons (Fsp3) is 0.500. The Kier molecular flexibility index (Phi) is 6.39. The Balaban J connectivity index is 0.00000180. The monoisotopic (exact) mass is 314 g/mol. The number of rotatable bonds is 3. The van der Waals surface area contributed by atoms with Gasteiger partial charge in [0.25, 0.3) is 0 Å². The second-order valence-electron chi connectivity index (χ2n) is 4.21. The van der Waals surface area contributed by atoms with Crippen LogP contribution in [0.5, 0.6) is 0 Å². The van der Waals surface area contributed by atoms with E-state index in [-0.39, 0.29) is 23.0 Å². The zero-order chi connectivity index (χ0) is 13.1. The van der Waals surface area contributed by atoms with Gasteiger partial charge in [-0.05, 0) is 12.1 Å². The van der Waals surface area contributed by atoms with E-state index in [2.05, 4.69) is 5.32 Å². The van der Waals surface area contributed by atoms with E-state index in [0.717, 1.165) is 12.1 Å². The van der Waals surface area contributed by atoms with Gasteiger partial charge in [-0.1, -0.05) is 11.6 Å².